The topological polar surface area (TPSA) is 55.8 Å². The lowest BCUT2D eigenvalue weighted by Crippen LogP contribution is -2.67. The van der Waals surface area contributed by atoms with Gasteiger partial charge in [-0.1, -0.05) is 102 Å². The maximum atomic E-state index is 11.2. The van der Waals surface area contributed by atoms with Crippen LogP contribution < -0.4 is 10.4 Å². The Morgan fingerprint density at radius 2 is 1.45 bits per heavy atom. The predicted molar refractivity (Wildman–Crippen MR) is 139 cm³/mol. The summed E-state index contributed by atoms with van der Waals surface area (Å²) < 4.78 is 13.2. The average Bonchev–Trinajstić information content (AvgIpc) is 2.76. The van der Waals surface area contributed by atoms with Gasteiger partial charge in [0.05, 0.1) is 6.10 Å². The van der Waals surface area contributed by atoms with E-state index >= 15 is 0 Å². The first-order valence-electron chi connectivity index (χ1n) is 12.2. The van der Waals surface area contributed by atoms with Crippen LogP contribution in [0.5, 0.6) is 0 Å². The molecule has 0 heterocycles. The van der Waals surface area contributed by atoms with E-state index in [-0.39, 0.29) is 29.6 Å². The highest BCUT2D eigenvalue weighted by atomic mass is 28.4. The van der Waals surface area contributed by atoms with Crippen molar-refractivity contribution >= 4 is 24.7 Å². The summed E-state index contributed by atoms with van der Waals surface area (Å²) in [5.41, 5.74) is 0. The van der Waals surface area contributed by atoms with Gasteiger partial charge in [-0.2, -0.15) is 0 Å². The minimum absolute atomic E-state index is 0.0308. The van der Waals surface area contributed by atoms with Crippen molar-refractivity contribution in [3.05, 3.63) is 60.7 Å². The quantitative estimate of drug-likeness (QED) is 0.385. The van der Waals surface area contributed by atoms with Gasteiger partial charge < -0.3 is 14.3 Å². The number of hydrogen-bond donors (Lipinski definition) is 1. The minimum atomic E-state index is -2.65. The lowest BCUT2D eigenvalue weighted by atomic mass is 9.96. The number of rotatable bonds is 13. The monoisotopic (exact) mass is 470 g/mol. The molecule has 2 aromatic rings. The molecule has 0 radical (unpaired) electrons. The van der Waals surface area contributed by atoms with Crippen molar-refractivity contribution in [1.29, 1.82) is 0 Å². The molecule has 0 fully saturated rings. The van der Waals surface area contributed by atoms with Crippen molar-refractivity contribution < 1.29 is 19.1 Å². The molecule has 0 aliphatic heterocycles. The third-order valence-electron chi connectivity index (χ3n) is 6.42. The fourth-order valence-electron chi connectivity index (χ4n) is 4.90. The van der Waals surface area contributed by atoms with Crippen LogP contribution in [0.4, 0.5) is 0 Å². The number of hydrogen-bond acceptors (Lipinski definition) is 3. The summed E-state index contributed by atoms with van der Waals surface area (Å²) in [7, 11) is -0.919. The van der Waals surface area contributed by atoms with Crippen molar-refractivity contribution in [1.82, 2.24) is 0 Å². The predicted octanol–water partition coefficient (Wildman–Crippen LogP) is 5.64. The molecule has 5 heteroatoms. The van der Waals surface area contributed by atoms with Gasteiger partial charge in [-0.25, -0.2) is 0 Å². The Balaban J connectivity index is 2.46. The lowest BCUT2D eigenvalue weighted by molar-refractivity contribution is -0.138. The van der Waals surface area contributed by atoms with E-state index in [9.17, 15) is 9.90 Å². The first-order chi connectivity index (χ1) is 15.6. The summed E-state index contributed by atoms with van der Waals surface area (Å²) in [5, 5.41) is 11.6. The van der Waals surface area contributed by atoms with Crippen molar-refractivity contribution in [3.8, 4) is 0 Å². The van der Waals surface area contributed by atoms with Gasteiger partial charge in [0.1, 0.15) is 0 Å². The van der Waals surface area contributed by atoms with Crippen LogP contribution in [0.15, 0.2) is 60.7 Å². The van der Waals surface area contributed by atoms with Crippen LogP contribution in [-0.4, -0.2) is 38.7 Å². The largest absolute Gasteiger partial charge is 0.481 e. The summed E-state index contributed by atoms with van der Waals surface area (Å²) in [5.74, 6) is -0.700. The average molecular weight is 471 g/mol. The molecule has 1 N–H and O–H groups in total. The summed E-state index contributed by atoms with van der Waals surface area (Å²) in [6.45, 7) is 11.1. The van der Waals surface area contributed by atoms with Gasteiger partial charge in [-0.05, 0) is 40.6 Å². The summed E-state index contributed by atoms with van der Waals surface area (Å²) in [4.78, 5) is 11.2. The van der Waals surface area contributed by atoms with Gasteiger partial charge in [0.25, 0.3) is 8.32 Å². The number of methoxy groups -OCH3 is 1. The van der Waals surface area contributed by atoms with E-state index in [1.54, 1.807) is 7.11 Å². The van der Waals surface area contributed by atoms with Crippen molar-refractivity contribution in [2.45, 2.75) is 84.0 Å². The Morgan fingerprint density at radius 1 is 0.939 bits per heavy atom. The van der Waals surface area contributed by atoms with Gasteiger partial charge in [-0.15, -0.1) is 0 Å². The van der Waals surface area contributed by atoms with Gasteiger partial charge in [-0.3, -0.25) is 4.79 Å². The molecule has 0 aromatic heterocycles. The number of benzene rings is 2. The smallest absolute Gasteiger partial charge is 0.303 e. The van der Waals surface area contributed by atoms with Gasteiger partial charge in [0, 0.05) is 19.6 Å². The first-order valence-corrected chi connectivity index (χ1v) is 14.1. The van der Waals surface area contributed by atoms with Crippen molar-refractivity contribution in [2.75, 3.05) is 7.11 Å². The maximum Gasteiger partial charge on any atom is 0.303 e. The molecule has 0 saturated heterocycles. The summed E-state index contributed by atoms with van der Waals surface area (Å²) in [6.07, 6.45) is 3.60. The normalized spacial score (nSPS) is 15.1. The lowest BCUT2D eigenvalue weighted by Gasteiger charge is -2.45. The van der Waals surface area contributed by atoms with Gasteiger partial charge in [0.2, 0.25) is 0 Å². The number of ether oxygens (including phenoxy) is 1. The highest BCUT2D eigenvalue weighted by molar-refractivity contribution is 6.99. The van der Waals surface area contributed by atoms with Gasteiger partial charge >= 0.3 is 5.97 Å². The zero-order valence-corrected chi connectivity index (χ0v) is 22.2. The Bertz CT molecular complexity index is 792. The number of carboxylic acids is 1. The van der Waals surface area contributed by atoms with Crippen LogP contribution >= 0.6 is 0 Å². The van der Waals surface area contributed by atoms with E-state index in [0.29, 0.717) is 6.42 Å². The minimum Gasteiger partial charge on any atom is -0.481 e. The Labute approximate surface area is 201 Å². The second-order valence-corrected chi connectivity index (χ2v) is 14.5. The van der Waals surface area contributed by atoms with E-state index in [1.165, 1.54) is 10.4 Å². The second kappa shape index (κ2) is 12.5. The first kappa shape index (κ1) is 27.3. The van der Waals surface area contributed by atoms with Crippen LogP contribution in [0, 0.1) is 5.92 Å². The van der Waals surface area contributed by atoms with Crippen LogP contribution in [0.1, 0.15) is 66.7 Å². The van der Waals surface area contributed by atoms with Crippen LogP contribution in [-0.2, 0) is 14.0 Å². The Morgan fingerprint density at radius 3 is 1.85 bits per heavy atom. The molecule has 0 aliphatic carbocycles. The molecule has 3 atom stereocenters. The zero-order chi connectivity index (χ0) is 24.5. The third kappa shape index (κ3) is 7.26. The molecular formula is C28H42O4Si. The second-order valence-electron chi connectivity index (χ2n) is 10.2. The molecule has 33 heavy (non-hydrogen) atoms. The van der Waals surface area contributed by atoms with E-state index in [1.807, 2.05) is 6.92 Å². The number of aliphatic carboxylic acids is 1. The molecule has 0 saturated carbocycles. The highest BCUT2D eigenvalue weighted by Gasteiger charge is 2.51. The van der Waals surface area contributed by atoms with Crippen LogP contribution in [0.3, 0.4) is 0 Å². The van der Waals surface area contributed by atoms with Gasteiger partial charge in [0.15, 0.2) is 0 Å². The molecule has 2 rings (SSSR count). The van der Waals surface area contributed by atoms with E-state index < -0.39 is 14.3 Å². The SMILES string of the molecule is CCC[C@@H](C[C@H](C[C@H](C)CC(=O)O)OC)O[Si](c1ccccc1)(c1ccccc1)C(C)(C)C. The molecule has 4 nitrogen and oxygen atoms in total. The number of carbonyl (C=O) groups is 1. The third-order valence-corrected chi connectivity index (χ3v) is 11.5. The van der Waals surface area contributed by atoms with Crippen LogP contribution in [0.25, 0.3) is 0 Å². The Kier molecular flexibility index (Phi) is 10.3. The highest BCUT2D eigenvalue weighted by Crippen LogP contribution is 2.38. The van der Waals surface area contributed by atoms with Crippen molar-refractivity contribution in [2.24, 2.45) is 5.92 Å². The van der Waals surface area contributed by atoms with E-state index in [4.69, 9.17) is 9.16 Å². The standard InChI is InChI=1S/C28H42O4Si/c1-7-14-23(21-24(31-6)19-22(2)20-27(29)30)32-33(28(3,4)5,25-15-10-8-11-16-25)26-17-12-9-13-18-26/h8-13,15-18,22-24H,7,14,19-21H2,1-6H3,(H,29,30)/t22-,23-,24-/m0/s1. The van der Waals surface area contributed by atoms with E-state index in [2.05, 4.69) is 88.4 Å². The molecule has 0 aliphatic rings. The molecule has 2 aromatic carbocycles. The molecular weight excluding hydrogens is 428 g/mol. The maximum absolute atomic E-state index is 11.2. The fraction of sp³-hybridized carbons (Fsp3) is 0.536. The zero-order valence-electron chi connectivity index (χ0n) is 21.2. The molecule has 0 spiro atoms. The summed E-state index contributed by atoms with van der Waals surface area (Å²) >= 11 is 0. The number of carboxylic acid groups (broad SMARTS) is 1. The molecule has 0 unspecified atom stereocenters. The molecule has 182 valence electrons. The molecule has 0 amide bonds. The Hall–Kier alpha value is -1.95. The summed E-state index contributed by atoms with van der Waals surface area (Å²) in [6, 6.07) is 21.4. The fourth-order valence-corrected chi connectivity index (χ4v) is 9.63. The van der Waals surface area contributed by atoms with Crippen LogP contribution in [0.2, 0.25) is 5.04 Å². The van der Waals surface area contributed by atoms with Crippen molar-refractivity contribution in [3.63, 3.8) is 0 Å². The molecule has 0 bridgehead atoms. The van der Waals surface area contributed by atoms with E-state index in [0.717, 1.165) is 19.3 Å².